The summed E-state index contributed by atoms with van der Waals surface area (Å²) in [5.41, 5.74) is 1.33. The number of aromatic nitrogens is 1. The van der Waals surface area contributed by atoms with Crippen LogP contribution in [0.25, 0.3) is 0 Å². The predicted octanol–water partition coefficient (Wildman–Crippen LogP) is 3.50. The number of carbonyl (C=O) groups is 1. The molecule has 1 fully saturated rings. The lowest BCUT2D eigenvalue weighted by atomic mass is 10.1. The molecule has 1 aromatic heterocycles. The van der Waals surface area contributed by atoms with Gasteiger partial charge in [-0.2, -0.15) is 0 Å². The van der Waals surface area contributed by atoms with E-state index in [1.807, 2.05) is 12.1 Å². The van der Waals surface area contributed by atoms with Gasteiger partial charge in [-0.25, -0.2) is 8.78 Å². The normalized spacial score (nSPS) is 16.6. The van der Waals surface area contributed by atoms with Crippen LogP contribution in [-0.4, -0.2) is 35.0 Å². The van der Waals surface area contributed by atoms with Crippen molar-refractivity contribution in [1.29, 1.82) is 0 Å². The summed E-state index contributed by atoms with van der Waals surface area (Å²) in [6, 6.07) is 7.20. The van der Waals surface area contributed by atoms with Gasteiger partial charge in [0.05, 0.1) is 6.10 Å². The molecule has 2 heterocycles. The maximum absolute atomic E-state index is 13.8. The molecule has 1 aromatic carbocycles. The van der Waals surface area contributed by atoms with Crippen LogP contribution in [0.2, 0.25) is 0 Å². The largest absolute Gasteiger partial charge is 0.376 e. The number of rotatable bonds is 7. The maximum atomic E-state index is 13.8. The lowest BCUT2D eigenvalue weighted by Crippen LogP contribution is -2.37. The van der Waals surface area contributed by atoms with Crippen LogP contribution in [0.5, 0.6) is 0 Å². The minimum atomic E-state index is -0.615. The number of amides is 1. The zero-order valence-corrected chi connectivity index (χ0v) is 14.5. The molecule has 6 heteroatoms. The van der Waals surface area contributed by atoms with Gasteiger partial charge >= 0.3 is 0 Å². The molecule has 3 rings (SSSR count). The van der Waals surface area contributed by atoms with Crippen molar-refractivity contribution < 1.29 is 18.3 Å². The standard InChI is InChI=1S/C20H22F2N2O2/c21-17-5-3-16(19(22)12-17)4-6-20(25)24(14-18-2-1-11-26-18)13-15-7-9-23-10-8-15/h3,5,7-10,12,18H,1-2,4,6,11,13-14H2/t18-/m0/s1. The summed E-state index contributed by atoms with van der Waals surface area (Å²) in [6.07, 6.45) is 5.78. The summed E-state index contributed by atoms with van der Waals surface area (Å²) < 4.78 is 32.5. The fraction of sp³-hybridized carbons (Fsp3) is 0.400. The summed E-state index contributed by atoms with van der Waals surface area (Å²) in [5.74, 6) is -1.30. The molecule has 0 bridgehead atoms. The Morgan fingerprint density at radius 3 is 2.73 bits per heavy atom. The molecule has 138 valence electrons. The summed E-state index contributed by atoms with van der Waals surface area (Å²) in [7, 11) is 0. The van der Waals surface area contributed by atoms with E-state index >= 15 is 0 Å². The zero-order chi connectivity index (χ0) is 18.4. The predicted molar refractivity (Wildman–Crippen MR) is 93.3 cm³/mol. The highest BCUT2D eigenvalue weighted by atomic mass is 19.1. The van der Waals surface area contributed by atoms with Gasteiger partial charge in [0.25, 0.3) is 0 Å². The highest BCUT2D eigenvalue weighted by Gasteiger charge is 2.23. The Labute approximate surface area is 151 Å². The van der Waals surface area contributed by atoms with Crippen LogP contribution in [-0.2, 0) is 22.5 Å². The second-order valence-corrected chi connectivity index (χ2v) is 6.50. The molecule has 0 spiro atoms. The van der Waals surface area contributed by atoms with E-state index in [0.29, 0.717) is 18.7 Å². The minimum absolute atomic E-state index is 0.0448. The molecule has 0 N–H and O–H groups in total. The minimum Gasteiger partial charge on any atom is -0.376 e. The van der Waals surface area contributed by atoms with Gasteiger partial charge in [0.2, 0.25) is 5.91 Å². The third kappa shape index (κ3) is 5.08. The number of carbonyl (C=O) groups excluding carboxylic acids is 1. The van der Waals surface area contributed by atoms with Crippen molar-refractivity contribution in [2.75, 3.05) is 13.2 Å². The van der Waals surface area contributed by atoms with Crippen molar-refractivity contribution in [2.24, 2.45) is 0 Å². The lowest BCUT2D eigenvalue weighted by Gasteiger charge is -2.26. The van der Waals surface area contributed by atoms with Crippen molar-refractivity contribution in [3.63, 3.8) is 0 Å². The second-order valence-electron chi connectivity index (χ2n) is 6.50. The molecule has 1 saturated heterocycles. The lowest BCUT2D eigenvalue weighted by molar-refractivity contribution is -0.133. The van der Waals surface area contributed by atoms with E-state index in [0.717, 1.165) is 31.1 Å². The average Bonchev–Trinajstić information content (AvgIpc) is 3.14. The number of benzene rings is 1. The molecular weight excluding hydrogens is 338 g/mol. The van der Waals surface area contributed by atoms with E-state index in [4.69, 9.17) is 4.74 Å². The summed E-state index contributed by atoms with van der Waals surface area (Å²) in [4.78, 5) is 18.5. The van der Waals surface area contributed by atoms with Gasteiger partial charge < -0.3 is 9.64 Å². The molecule has 0 unspecified atom stereocenters. The van der Waals surface area contributed by atoms with Crippen molar-refractivity contribution in [3.8, 4) is 0 Å². The van der Waals surface area contributed by atoms with E-state index in [1.165, 1.54) is 12.1 Å². The van der Waals surface area contributed by atoms with Gasteiger partial charge in [-0.3, -0.25) is 9.78 Å². The molecular formula is C20H22F2N2O2. The fourth-order valence-corrected chi connectivity index (χ4v) is 3.12. The number of ether oxygens (including phenoxy) is 1. The number of hydrogen-bond acceptors (Lipinski definition) is 3. The van der Waals surface area contributed by atoms with Gasteiger partial charge in [-0.1, -0.05) is 6.07 Å². The molecule has 0 aliphatic carbocycles. The van der Waals surface area contributed by atoms with Crippen molar-refractivity contribution in [3.05, 3.63) is 65.5 Å². The Hall–Kier alpha value is -2.34. The van der Waals surface area contributed by atoms with Crippen LogP contribution < -0.4 is 0 Å². The first-order valence-electron chi connectivity index (χ1n) is 8.84. The molecule has 26 heavy (non-hydrogen) atoms. The topological polar surface area (TPSA) is 42.4 Å². The fourth-order valence-electron chi connectivity index (χ4n) is 3.12. The van der Waals surface area contributed by atoms with E-state index in [2.05, 4.69) is 4.98 Å². The molecule has 1 aliphatic rings. The van der Waals surface area contributed by atoms with Crippen LogP contribution in [0.4, 0.5) is 8.78 Å². The first-order valence-corrected chi connectivity index (χ1v) is 8.84. The van der Waals surface area contributed by atoms with E-state index in [9.17, 15) is 13.6 Å². The molecule has 1 atom stereocenters. The number of pyridine rings is 1. The Morgan fingerprint density at radius 2 is 2.04 bits per heavy atom. The Balaban J connectivity index is 1.64. The van der Waals surface area contributed by atoms with Crippen LogP contribution in [0.1, 0.15) is 30.4 Å². The number of aryl methyl sites for hydroxylation is 1. The molecule has 1 aliphatic heterocycles. The van der Waals surface area contributed by atoms with Crippen LogP contribution >= 0.6 is 0 Å². The zero-order valence-electron chi connectivity index (χ0n) is 14.5. The third-order valence-corrected chi connectivity index (χ3v) is 4.55. The number of halogens is 2. The Kier molecular flexibility index (Phi) is 6.28. The second kappa shape index (κ2) is 8.85. The van der Waals surface area contributed by atoms with Gasteiger partial charge in [0.1, 0.15) is 11.6 Å². The van der Waals surface area contributed by atoms with E-state index < -0.39 is 11.6 Å². The smallest absolute Gasteiger partial charge is 0.223 e. The molecule has 1 amide bonds. The van der Waals surface area contributed by atoms with Crippen LogP contribution in [0.15, 0.2) is 42.7 Å². The first-order chi connectivity index (χ1) is 12.6. The average molecular weight is 360 g/mol. The summed E-state index contributed by atoms with van der Waals surface area (Å²) in [6.45, 7) is 1.71. The Morgan fingerprint density at radius 1 is 1.23 bits per heavy atom. The van der Waals surface area contributed by atoms with Crippen molar-refractivity contribution >= 4 is 5.91 Å². The van der Waals surface area contributed by atoms with Gasteiger partial charge in [-0.15, -0.1) is 0 Å². The van der Waals surface area contributed by atoms with Crippen LogP contribution in [0.3, 0.4) is 0 Å². The Bertz CT molecular complexity index is 734. The maximum Gasteiger partial charge on any atom is 0.223 e. The van der Waals surface area contributed by atoms with Crippen LogP contribution in [0, 0.1) is 11.6 Å². The first kappa shape index (κ1) is 18.5. The monoisotopic (exact) mass is 360 g/mol. The van der Waals surface area contributed by atoms with Gasteiger partial charge in [0, 0.05) is 44.6 Å². The summed E-state index contributed by atoms with van der Waals surface area (Å²) in [5, 5.41) is 0. The van der Waals surface area contributed by atoms with E-state index in [-0.39, 0.29) is 24.9 Å². The number of hydrogen-bond donors (Lipinski definition) is 0. The van der Waals surface area contributed by atoms with E-state index in [1.54, 1.807) is 17.3 Å². The summed E-state index contributed by atoms with van der Waals surface area (Å²) >= 11 is 0. The van der Waals surface area contributed by atoms with Gasteiger partial charge in [0.15, 0.2) is 0 Å². The molecule has 2 aromatic rings. The highest BCUT2D eigenvalue weighted by Crippen LogP contribution is 2.17. The number of nitrogens with zero attached hydrogens (tertiary/aromatic N) is 2. The van der Waals surface area contributed by atoms with Crippen molar-refractivity contribution in [2.45, 2.75) is 38.3 Å². The third-order valence-electron chi connectivity index (χ3n) is 4.55. The highest BCUT2D eigenvalue weighted by molar-refractivity contribution is 5.76. The van der Waals surface area contributed by atoms with Crippen molar-refractivity contribution in [1.82, 2.24) is 9.88 Å². The SMILES string of the molecule is O=C(CCc1ccc(F)cc1F)N(Cc1ccncc1)C[C@@H]1CCCO1. The molecule has 0 radical (unpaired) electrons. The van der Waals surface area contributed by atoms with Gasteiger partial charge in [-0.05, 0) is 48.6 Å². The molecule has 0 saturated carbocycles. The molecule has 4 nitrogen and oxygen atoms in total. The quantitative estimate of drug-likeness (QED) is 0.759.